The van der Waals surface area contributed by atoms with Crippen LogP contribution in [0.1, 0.15) is 11.1 Å². The minimum absolute atomic E-state index is 0.206. The first-order chi connectivity index (χ1) is 12.8. The van der Waals surface area contributed by atoms with Crippen molar-refractivity contribution >= 4 is 10.8 Å². The largest absolute Gasteiger partial charge is 0.496 e. The minimum atomic E-state index is 0.206. The lowest BCUT2D eigenvalue weighted by Gasteiger charge is -2.24. The smallest absolute Gasteiger partial charge is 0.135 e. The number of ether oxygens (including phenoxy) is 5. The lowest BCUT2D eigenvalue weighted by molar-refractivity contribution is 0.257. The van der Waals surface area contributed by atoms with Crippen LogP contribution < -0.4 is 14.2 Å². The first kappa shape index (κ1) is 16.0. The molecule has 0 bridgehead atoms. The second-order valence-corrected chi connectivity index (χ2v) is 6.91. The van der Waals surface area contributed by atoms with Gasteiger partial charge in [0, 0.05) is 16.5 Å². The van der Waals surface area contributed by atoms with E-state index in [0.29, 0.717) is 13.2 Å². The number of hydrogen-bond donors (Lipinski definition) is 0. The lowest BCUT2D eigenvalue weighted by Crippen LogP contribution is -2.13. The fraction of sp³-hybridized carbons (Fsp3) is 0.429. The van der Waals surface area contributed by atoms with E-state index in [-0.39, 0.29) is 12.2 Å². The summed E-state index contributed by atoms with van der Waals surface area (Å²) < 4.78 is 28.8. The van der Waals surface area contributed by atoms with Crippen molar-refractivity contribution in [3.8, 4) is 17.2 Å². The highest BCUT2D eigenvalue weighted by Gasteiger charge is 2.29. The third-order valence-electron chi connectivity index (χ3n) is 5.07. The van der Waals surface area contributed by atoms with Gasteiger partial charge in [-0.25, -0.2) is 0 Å². The Labute approximate surface area is 152 Å². The topological polar surface area (TPSA) is 52.8 Å². The van der Waals surface area contributed by atoms with E-state index in [1.54, 1.807) is 7.11 Å². The second kappa shape index (κ2) is 6.49. The number of rotatable bonds is 7. The van der Waals surface area contributed by atoms with Gasteiger partial charge in [-0.3, -0.25) is 0 Å². The molecular weight excluding hydrogens is 332 g/mol. The molecule has 2 unspecified atom stereocenters. The molecule has 136 valence electrons. The molecule has 5 rings (SSSR count). The highest BCUT2D eigenvalue weighted by atomic mass is 16.6. The fourth-order valence-corrected chi connectivity index (χ4v) is 3.55. The molecule has 2 heterocycles. The third-order valence-corrected chi connectivity index (χ3v) is 5.07. The van der Waals surface area contributed by atoms with Crippen LogP contribution in [0.5, 0.6) is 17.2 Å². The zero-order valence-corrected chi connectivity index (χ0v) is 14.8. The molecule has 2 aromatic rings. The number of hydrogen-bond acceptors (Lipinski definition) is 5. The van der Waals surface area contributed by atoms with Gasteiger partial charge >= 0.3 is 0 Å². The predicted octanol–water partition coefficient (Wildman–Crippen LogP) is 3.06. The molecule has 2 atom stereocenters. The van der Waals surface area contributed by atoms with Crippen LogP contribution in [-0.4, -0.2) is 45.7 Å². The van der Waals surface area contributed by atoms with Gasteiger partial charge in [0.15, 0.2) is 0 Å². The molecule has 5 nitrogen and oxygen atoms in total. The maximum atomic E-state index is 6.26. The van der Waals surface area contributed by atoms with Crippen molar-refractivity contribution in [2.45, 2.75) is 25.0 Å². The molecule has 2 aromatic carbocycles. The number of fused-ring (bicyclic) bond motifs is 2. The summed E-state index contributed by atoms with van der Waals surface area (Å²) in [6.07, 6.45) is 6.49. The lowest BCUT2D eigenvalue weighted by atomic mass is 9.90. The predicted molar refractivity (Wildman–Crippen MR) is 97.5 cm³/mol. The van der Waals surface area contributed by atoms with E-state index in [0.717, 1.165) is 54.1 Å². The first-order valence-corrected chi connectivity index (χ1v) is 9.13. The maximum Gasteiger partial charge on any atom is 0.135 e. The van der Waals surface area contributed by atoms with Crippen molar-refractivity contribution in [1.82, 2.24) is 0 Å². The summed E-state index contributed by atoms with van der Waals surface area (Å²) in [4.78, 5) is 0. The molecule has 0 amide bonds. The molecule has 0 aromatic heterocycles. The monoisotopic (exact) mass is 354 g/mol. The van der Waals surface area contributed by atoms with Gasteiger partial charge in [0.2, 0.25) is 0 Å². The zero-order valence-electron chi connectivity index (χ0n) is 14.8. The number of allylic oxidation sites excluding steroid dienone is 2. The summed E-state index contributed by atoms with van der Waals surface area (Å²) in [6.45, 7) is 2.71. The fourth-order valence-electron chi connectivity index (χ4n) is 3.55. The summed E-state index contributed by atoms with van der Waals surface area (Å²) in [7, 11) is 1.69. The maximum absolute atomic E-state index is 6.26. The Kier molecular flexibility index (Phi) is 3.98. The van der Waals surface area contributed by atoms with Crippen molar-refractivity contribution in [3.63, 3.8) is 0 Å². The van der Waals surface area contributed by atoms with E-state index in [1.807, 2.05) is 12.1 Å². The van der Waals surface area contributed by atoms with Crippen molar-refractivity contribution in [2.75, 3.05) is 33.5 Å². The van der Waals surface area contributed by atoms with Gasteiger partial charge in [-0.15, -0.1) is 0 Å². The van der Waals surface area contributed by atoms with E-state index < -0.39 is 0 Å². The summed E-state index contributed by atoms with van der Waals surface area (Å²) in [6, 6.07) is 6.06. The van der Waals surface area contributed by atoms with Crippen molar-refractivity contribution in [3.05, 3.63) is 41.5 Å². The van der Waals surface area contributed by atoms with Gasteiger partial charge in [0.05, 0.1) is 25.7 Å². The molecule has 1 aliphatic carbocycles. The van der Waals surface area contributed by atoms with Crippen molar-refractivity contribution in [2.24, 2.45) is 0 Å². The molecule has 3 aliphatic rings. The second-order valence-electron chi connectivity index (χ2n) is 6.91. The first-order valence-electron chi connectivity index (χ1n) is 9.13. The minimum Gasteiger partial charge on any atom is -0.496 e. The van der Waals surface area contributed by atoms with E-state index in [4.69, 9.17) is 23.7 Å². The van der Waals surface area contributed by atoms with Crippen LogP contribution in [0.15, 0.2) is 30.4 Å². The van der Waals surface area contributed by atoms with Gasteiger partial charge in [-0.1, -0.05) is 24.3 Å². The number of benzene rings is 2. The summed E-state index contributed by atoms with van der Waals surface area (Å²) in [5.74, 6) is 2.64. The Morgan fingerprint density at radius 1 is 0.923 bits per heavy atom. The molecule has 0 radical (unpaired) electrons. The van der Waals surface area contributed by atoms with Gasteiger partial charge in [0.25, 0.3) is 0 Å². The van der Waals surface area contributed by atoms with Crippen LogP contribution in [0.4, 0.5) is 0 Å². The molecule has 2 saturated heterocycles. The Bertz CT molecular complexity index is 865. The zero-order chi connectivity index (χ0) is 17.5. The van der Waals surface area contributed by atoms with Crippen molar-refractivity contribution in [1.29, 1.82) is 0 Å². The third kappa shape index (κ3) is 2.91. The summed E-state index contributed by atoms with van der Waals surface area (Å²) >= 11 is 0. The quantitative estimate of drug-likeness (QED) is 0.565. The Balaban J connectivity index is 1.68. The van der Waals surface area contributed by atoms with Gasteiger partial charge in [-0.2, -0.15) is 0 Å². The van der Waals surface area contributed by atoms with Gasteiger partial charge in [0.1, 0.15) is 42.7 Å². The molecule has 0 N–H and O–H groups in total. The van der Waals surface area contributed by atoms with E-state index in [2.05, 4.69) is 18.2 Å². The van der Waals surface area contributed by atoms with E-state index in [1.165, 1.54) is 11.1 Å². The Hall–Kier alpha value is -2.24. The number of methoxy groups -OCH3 is 1. The van der Waals surface area contributed by atoms with E-state index in [9.17, 15) is 0 Å². The van der Waals surface area contributed by atoms with Gasteiger partial charge in [-0.05, 0) is 18.9 Å². The highest BCUT2D eigenvalue weighted by molar-refractivity contribution is 6.00. The molecular formula is C21H22O5. The molecule has 26 heavy (non-hydrogen) atoms. The van der Waals surface area contributed by atoms with Gasteiger partial charge < -0.3 is 23.7 Å². The Morgan fingerprint density at radius 2 is 1.54 bits per heavy atom. The van der Waals surface area contributed by atoms with Crippen LogP contribution in [0.3, 0.4) is 0 Å². The van der Waals surface area contributed by atoms with Crippen LogP contribution in [0.2, 0.25) is 0 Å². The highest BCUT2D eigenvalue weighted by Crippen LogP contribution is 2.47. The SMILES string of the molecule is COc1cccc2c(OCC3CO3)c3c(c(OCC4CO4)c12)CC=CC3. The normalized spacial score (nSPS) is 22.8. The average Bonchev–Trinajstić information content (AvgIpc) is 3.58. The van der Waals surface area contributed by atoms with Crippen LogP contribution in [0, 0.1) is 0 Å². The average molecular weight is 354 g/mol. The molecule has 0 spiro atoms. The standard InChI is InChI=1S/C21H22O5/c1-22-18-8-4-7-17-19(18)21(26-12-14-10-24-14)16-6-3-2-5-15(16)20(17)25-11-13-9-23-13/h2-4,7-8,13-14H,5-6,9-12H2,1H3. The summed E-state index contributed by atoms with van der Waals surface area (Å²) in [5.41, 5.74) is 2.40. The van der Waals surface area contributed by atoms with Crippen LogP contribution in [-0.2, 0) is 22.3 Å². The van der Waals surface area contributed by atoms with Crippen molar-refractivity contribution < 1.29 is 23.7 Å². The van der Waals surface area contributed by atoms with Crippen LogP contribution >= 0.6 is 0 Å². The number of epoxide rings is 2. The molecule has 0 saturated carbocycles. The summed E-state index contributed by atoms with van der Waals surface area (Å²) in [5, 5.41) is 2.02. The molecule has 2 aliphatic heterocycles. The molecule has 5 heteroatoms. The van der Waals surface area contributed by atoms with Crippen LogP contribution in [0.25, 0.3) is 10.8 Å². The van der Waals surface area contributed by atoms with E-state index >= 15 is 0 Å². The Morgan fingerprint density at radius 3 is 2.15 bits per heavy atom. The molecule has 2 fully saturated rings.